The molecule has 1 aliphatic rings. The molecule has 0 aromatic heterocycles. The first-order chi connectivity index (χ1) is 12.9. The molecule has 0 aliphatic carbocycles. The van der Waals surface area contributed by atoms with E-state index in [0.29, 0.717) is 24.3 Å². The van der Waals surface area contributed by atoms with Crippen LogP contribution in [0.5, 0.6) is 11.5 Å². The summed E-state index contributed by atoms with van der Waals surface area (Å²) in [5, 5.41) is 10.6. The molecule has 1 fully saturated rings. The zero-order valence-electron chi connectivity index (χ0n) is 14.7. The molecule has 0 saturated carbocycles. The van der Waals surface area contributed by atoms with Crippen LogP contribution in [-0.2, 0) is 22.4 Å². The number of carboxylic acid groups (broad SMARTS) is 1. The van der Waals surface area contributed by atoms with Gasteiger partial charge in [0.05, 0.1) is 11.2 Å². The van der Waals surface area contributed by atoms with Crippen LogP contribution in [0.4, 0.5) is 4.79 Å². The van der Waals surface area contributed by atoms with Crippen molar-refractivity contribution in [2.75, 3.05) is 0 Å². The average Bonchev–Trinajstić information content (AvgIpc) is 2.95. The molecule has 2 amide bonds. The van der Waals surface area contributed by atoms with E-state index in [1.54, 1.807) is 6.92 Å². The smallest absolute Gasteiger partial charge is 0.306 e. The Morgan fingerprint density at radius 3 is 2.11 bits per heavy atom. The van der Waals surface area contributed by atoms with Gasteiger partial charge in [-0.1, -0.05) is 43.0 Å². The van der Waals surface area contributed by atoms with Gasteiger partial charge in [0, 0.05) is 0 Å². The molecule has 6 nitrogen and oxygen atoms in total. The molecule has 2 aromatic rings. The Hall–Kier alpha value is -2.80. The third-order valence-corrected chi connectivity index (χ3v) is 5.22. The van der Waals surface area contributed by atoms with Crippen LogP contribution in [-0.4, -0.2) is 27.5 Å². The number of hydrogen-bond donors (Lipinski definition) is 2. The molecule has 1 unspecified atom stereocenters. The fraction of sp³-hybridized carbons (Fsp3) is 0.250. The van der Waals surface area contributed by atoms with Crippen LogP contribution < -0.4 is 10.1 Å². The maximum atomic E-state index is 11.6. The van der Waals surface area contributed by atoms with Crippen molar-refractivity contribution in [1.82, 2.24) is 5.32 Å². The van der Waals surface area contributed by atoms with E-state index in [2.05, 4.69) is 5.32 Å². The zero-order valence-corrected chi connectivity index (χ0v) is 15.5. The van der Waals surface area contributed by atoms with E-state index in [-0.39, 0.29) is 16.4 Å². The molecule has 0 spiro atoms. The lowest BCUT2D eigenvalue weighted by Crippen LogP contribution is -2.25. The van der Waals surface area contributed by atoms with E-state index in [4.69, 9.17) is 9.84 Å². The van der Waals surface area contributed by atoms with E-state index in [1.165, 1.54) is 0 Å². The second-order valence-corrected chi connectivity index (χ2v) is 7.60. The molecule has 27 heavy (non-hydrogen) atoms. The first-order valence-electron chi connectivity index (χ1n) is 8.51. The Morgan fingerprint density at radius 1 is 1.07 bits per heavy atom. The fourth-order valence-corrected chi connectivity index (χ4v) is 3.57. The number of aliphatic carboxylic acids is 1. The summed E-state index contributed by atoms with van der Waals surface area (Å²) in [4.78, 5) is 33.7. The number of amides is 2. The highest BCUT2D eigenvalue weighted by Crippen LogP contribution is 2.26. The molecule has 2 atom stereocenters. The van der Waals surface area contributed by atoms with Crippen LogP contribution in [0.15, 0.2) is 48.5 Å². The summed E-state index contributed by atoms with van der Waals surface area (Å²) < 4.78 is 5.79. The van der Waals surface area contributed by atoms with Crippen molar-refractivity contribution in [2.24, 2.45) is 5.92 Å². The Labute approximate surface area is 160 Å². The highest BCUT2D eigenvalue weighted by Gasteiger charge is 2.31. The summed E-state index contributed by atoms with van der Waals surface area (Å²) in [7, 11) is 0. The first-order valence-corrected chi connectivity index (χ1v) is 9.38. The number of benzene rings is 2. The molecule has 2 aromatic carbocycles. The van der Waals surface area contributed by atoms with Gasteiger partial charge in [-0.15, -0.1) is 0 Å². The fourth-order valence-electron chi connectivity index (χ4n) is 2.71. The Kier molecular flexibility index (Phi) is 5.81. The van der Waals surface area contributed by atoms with Crippen LogP contribution in [0.25, 0.3) is 0 Å². The molecule has 0 radical (unpaired) electrons. The minimum absolute atomic E-state index is 0.248. The van der Waals surface area contributed by atoms with Gasteiger partial charge in [0.15, 0.2) is 0 Å². The van der Waals surface area contributed by atoms with Crippen LogP contribution in [0, 0.1) is 5.92 Å². The number of carboxylic acids is 1. The summed E-state index contributed by atoms with van der Waals surface area (Å²) in [6, 6.07) is 14.7. The van der Waals surface area contributed by atoms with Gasteiger partial charge >= 0.3 is 5.97 Å². The van der Waals surface area contributed by atoms with Crippen molar-refractivity contribution < 1.29 is 24.2 Å². The Bertz CT molecular complexity index is 848. The molecule has 7 heteroatoms. The van der Waals surface area contributed by atoms with Crippen molar-refractivity contribution in [3.8, 4) is 11.5 Å². The topological polar surface area (TPSA) is 92.7 Å². The molecular formula is C20H19NO5S. The lowest BCUT2D eigenvalue weighted by Gasteiger charge is -2.10. The summed E-state index contributed by atoms with van der Waals surface area (Å²) in [6.07, 6.45) is 0.957. The van der Waals surface area contributed by atoms with Crippen molar-refractivity contribution in [2.45, 2.75) is 25.0 Å². The van der Waals surface area contributed by atoms with Gasteiger partial charge in [0.25, 0.3) is 5.24 Å². The zero-order chi connectivity index (χ0) is 19.4. The lowest BCUT2D eigenvalue weighted by molar-refractivity contribution is -0.141. The summed E-state index contributed by atoms with van der Waals surface area (Å²) in [5.41, 5.74) is 1.89. The molecular weight excluding hydrogens is 366 g/mol. The lowest BCUT2D eigenvalue weighted by atomic mass is 10.0. The number of carbonyl (C=O) groups excluding carboxylic acids is 2. The minimum Gasteiger partial charge on any atom is -0.481 e. The SMILES string of the molecule is C[C@@H](Cc1ccc(Oc2ccc(CC3SC(=O)NC3=O)cc2)cc1)C(=O)O. The standard InChI is InChI=1S/C20H19NO5S/c1-12(19(23)24)10-13-2-6-15(7-3-13)26-16-8-4-14(5-9-16)11-17-18(22)21-20(25)27-17/h2-9,12,17H,10-11H2,1H3,(H,23,24)(H,21,22,25)/t12-,17?/m0/s1. The second-order valence-electron chi connectivity index (χ2n) is 6.42. The number of thioether (sulfide) groups is 1. The summed E-state index contributed by atoms with van der Waals surface area (Å²) >= 11 is 1.01. The quantitative estimate of drug-likeness (QED) is 0.756. The van der Waals surface area contributed by atoms with E-state index in [9.17, 15) is 14.4 Å². The summed E-state index contributed by atoms with van der Waals surface area (Å²) in [6.45, 7) is 1.68. The Balaban J connectivity index is 1.57. The van der Waals surface area contributed by atoms with Gasteiger partial charge in [-0.2, -0.15) is 0 Å². The van der Waals surface area contributed by atoms with Crippen LogP contribution in [0.3, 0.4) is 0 Å². The third-order valence-electron chi connectivity index (χ3n) is 4.23. The van der Waals surface area contributed by atoms with Crippen LogP contribution in [0.1, 0.15) is 18.1 Å². The number of hydrogen-bond acceptors (Lipinski definition) is 5. The van der Waals surface area contributed by atoms with Gasteiger partial charge in [0.2, 0.25) is 5.91 Å². The highest BCUT2D eigenvalue weighted by atomic mass is 32.2. The van der Waals surface area contributed by atoms with Crippen molar-refractivity contribution in [1.29, 1.82) is 0 Å². The number of nitrogens with one attached hydrogen (secondary N) is 1. The molecule has 1 aliphatic heterocycles. The summed E-state index contributed by atoms with van der Waals surface area (Å²) in [5.74, 6) is -0.175. The van der Waals surface area contributed by atoms with Gasteiger partial charge in [0.1, 0.15) is 11.5 Å². The van der Waals surface area contributed by atoms with Crippen LogP contribution >= 0.6 is 11.8 Å². The van der Waals surface area contributed by atoms with Gasteiger partial charge in [-0.25, -0.2) is 0 Å². The van der Waals surface area contributed by atoms with E-state index in [0.717, 1.165) is 22.9 Å². The first kappa shape index (κ1) is 19.0. The predicted octanol–water partition coefficient (Wildman–Crippen LogP) is 3.64. The van der Waals surface area contributed by atoms with Gasteiger partial charge in [-0.3, -0.25) is 19.7 Å². The molecule has 1 heterocycles. The highest BCUT2D eigenvalue weighted by molar-refractivity contribution is 8.15. The average molecular weight is 385 g/mol. The molecule has 3 rings (SSSR count). The normalized spacial score (nSPS) is 17.4. The van der Waals surface area contributed by atoms with Crippen molar-refractivity contribution in [3.05, 3.63) is 59.7 Å². The number of imide groups is 1. The molecule has 140 valence electrons. The van der Waals surface area contributed by atoms with Gasteiger partial charge in [-0.05, 0) is 48.2 Å². The van der Waals surface area contributed by atoms with E-state index in [1.807, 2.05) is 48.5 Å². The second kappa shape index (κ2) is 8.26. The molecule has 2 N–H and O–H groups in total. The molecule has 0 bridgehead atoms. The maximum absolute atomic E-state index is 11.6. The van der Waals surface area contributed by atoms with E-state index < -0.39 is 11.9 Å². The van der Waals surface area contributed by atoms with E-state index >= 15 is 0 Å². The maximum Gasteiger partial charge on any atom is 0.306 e. The largest absolute Gasteiger partial charge is 0.481 e. The van der Waals surface area contributed by atoms with Crippen molar-refractivity contribution >= 4 is 28.9 Å². The molecule has 1 saturated heterocycles. The van der Waals surface area contributed by atoms with Gasteiger partial charge < -0.3 is 9.84 Å². The number of rotatable bonds is 7. The third kappa shape index (κ3) is 5.10. The predicted molar refractivity (Wildman–Crippen MR) is 102 cm³/mol. The minimum atomic E-state index is -0.812. The van der Waals surface area contributed by atoms with Crippen LogP contribution in [0.2, 0.25) is 0 Å². The number of carbonyl (C=O) groups is 3. The monoisotopic (exact) mass is 385 g/mol. The number of ether oxygens (including phenoxy) is 1. The van der Waals surface area contributed by atoms with Crippen molar-refractivity contribution in [3.63, 3.8) is 0 Å². The Morgan fingerprint density at radius 2 is 1.63 bits per heavy atom.